The molecule has 19 heavy (non-hydrogen) atoms. The molecule has 0 heterocycles. The van der Waals surface area contributed by atoms with Crippen LogP contribution >= 0.6 is 0 Å². The molecule has 0 spiro atoms. The van der Waals surface area contributed by atoms with Crippen LogP contribution in [0, 0.1) is 0 Å². The molecule has 0 saturated heterocycles. The molecule has 0 fully saturated rings. The number of carbonyl (C=O) groups excluding carboxylic acids is 1. The largest absolute Gasteiger partial charge is 0.506 e. The predicted octanol–water partition coefficient (Wildman–Crippen LogP) is 1.49. The van der Waals surface area contributed by atoms with Gasteiger partial charge in [-0.1, -0.05) is 0 Å². The number of benzene rings is 1. The summed E-state index contributed by atoms with van der Waals surface area (Å²) in [5.41, 5.74) is 0.0969. The second-order valence-corrected chi connectivity index (χ2v) is 3.65. The lowest BCUT2D eigenvalue weighted by atomic mass is 10.2. The minimum Gasteiger partial charge on any atom is -0.506 e. The molecule has 8 heteroatoms. The van der Waals surface area contributed by atoms with Crippen molar-refractivity contribution in [2.45, 2.75) is 6.18 Å². The van der Waals surface area contributed by atoms with Gasteiger partial charge in [-0.15, -0.1) is 0 Å². The second kappa shape index (κ2) is 6.28. The molecule has 0 atom stereocenters. The fourth-order valence-corrected chi connectivity index (χ4v) is 1.26. The van der Waals surface area contributed by atoms with Crippen molar-refractivity contribution >= 4 is 11.6 Å². The highest BCUT2D eigenvalue weighted by molar-refractivity contribution is 5.93. The van der Waals surface area contributed by atoms with Crippen LogP contribution in [0.3, 0.4) is 0 Å². The number of amides is 1. The van der Waals surface area contributed by atoms with E-state index in [1.165, 1.54) is 25.3 Å². The first-order valence-corrected chi connectivity index (χ1v) is 5.26. The van der Waals surface area contributed by atoms with E-state index in [9.17, 15) is 23.1 Å². The average molecular weight is 278 g/mol. The summed E-state index contributed by atoms with van der Waals surface area (Å²) in [7, 11) is 1.41. The van der Waals surface area contributed by atoms with Crippen LogP contribution in [0.2, 0.25) is 0 Å². The predicted molar refractivity (Wildman–Crippen MR) is 62.2 cm³/mol. The molecular formula is C11H13F3N2O3. The lowest BCUT2D eigenvalue weighted by molar-refractivity contribution is -0.126. The summed E-state index contributed by atoms with van der Waals surface area (Å²) in [5.74, 6) is -0.529. The Bertz CT molecular complexity index is 449. The van der Waals surface area contributed by atoms with E-state index >= 15 is 0 Å². The van der Waals surface area contributed by atoms with Gasteiger partial charge in [0.15, 0.2) is 0 Å². The van der Waals surface area contributed by atoms with Gasteiger partial charge in [0.2, 0.25) is 5.91 Å². The fraction of sp³-hybridized carbons (Fsp3) is 0.364. The Labute approximate surface area is 107 Å². The van der Waals surface area contributed by atoms with E-state index in [0.29, 0.717) is 5.75 Å². The molecule has 106 valence electrons. The third-order valence-electron chi connectivity index (χ3n) is 2.09. The van der Waals surface area contributed by atoms with E-state index < -0.39 is 25.2 Å². The highest BCUT2D eigenvalue weighted by atomic mass is 19.4. The van der Waals surface area contributed by atoms with Gasteiger partial charge in [-0.05, 0) is 12.1 Å². The number of anilines is 1. The van der Waals surface area contributed by atoms with Crippen molar-refractivity contribution in [2.75, 3.05) is 25.5 Å². The van der Waals surface area contributed by atoms with Crippen molar-refractivity contribution in [3.05, 3.63) is 18.2 Å². The molecule has 3 N–H and O–H groups in total. The fourth-order valence-electron chi connectivity index (χ4n) is 1.26. The van der Waals surface area contributed by atoms with E-state index in [0.717, 1.165) is 0 Å². The first kappa shape index (κ1) is 15.1. The molecule has 0 aliphatic heterocycles. The van der Waals surface area contributed by atoms with Crippen LogP contribution in [0.25, 0.3) is 0 Å². The summed E-state index contributed by atoms with van der Waals surface area (Å²) in [4.78, 5) is 11.3. The monoisotopic (exact) mass is 278 g/mol. The van der Waals surface area contributed by atoms with Gasteiger partial charge >= 0.3 is 6.18 Å². The molecule has 0 aliphatic rings. The average Bonchev–Trinajstić information content (AvgIpc) is 2.30. The minimum absolute atomic E-state index is 0.0969. The molecule has 1 rings (SSSR count). The van der Waals surface area contributed by atoms with Gasteiger partial charge in [0, 0.05) is 6.07 Å². The van der Waals surface area contributed by atoms with Gasteiger partial charge in [0.1, 0.15) is 11.5 Å². The van der Waals surface area contributed by atoms with Crippen molar-refractivity contribution in [3.63, 3.8) is 0 Å². The van der Waals surface area contributed by atoms with Crippen molar-refractivity contribution in [1.29, 1.82) is 0 Å². The maximum Gasteiger partial charge on any atom is 0.401 e. The number of hydrogen-bond donors (Lipinski definition) is 3. The first-order chi connectivity index (χ1) is 8.81. The van der Waals surface area contributed by atoms with Crippen molar-refractivity contribution in [1.82, 2.24) is 5.32 Å². The van der Waals surface area contributed by atoms with Gasteiger partial charge < -0.3 is 20.5 Å². The standard InChI is InChI=1S/C11H13F3N2O3/c1-19-7-2-3-8(9(17)4-7)16-10(18)5-15-6-11(12,13)14/h2-4,15,17H,5-6H2,1H3,(H,16,18). The quantitative estimate of drug-likeness (QED) is 0.714. The number of alkyl halides is 3. The third kappa shape index (κ3) is 5.47. The molecule has 1 aromatic carbocycles. The second-order valence-electron chi connectivity index (χ2n) is 3.65. The Morgan fingerprint density at radius 1 is 1.42 bits per heavy atom. The molecule has 0 aliphatic carbocycles. The van der Waals surface area contributed by atoms with Gasteiger partial charge in [-0.2, -0.15) is 13.2 Å². The SMILES string of the molecule is COc1ccc(NC(=O)CNCC(F)(F)F)c(O)c1. The van der Waals surface area contributed by atoms with Crippen LogP contribution in [0.5, 0.6) is 11.5 Å². The zero-order valence-electron chi connectivity index (χ0n) is 10.0. The lowest BCUT2D eigenvalue weighted by Gasteiger charge is -2.10. The lowest BCUT2D eigenvalue weighted by Crippen LogP contribution is -2.35. The van der Waals surface area contributed by atoms with Crippen LogP contribution < -0.4 is 15.4 Å². The molecule has 5 nitrogen and oxygen atoms in total. The number of hydrogen-bond acceptors (Lipinski definition) is 4. The van der Waals surface area contributed by atoms with Gasteiger partial charge in [0.25, 0.3) is 0 Å². The molecule has 0 saturated carbocycles. The maximum atomic E-state index is 11.8. The zero-order chi connectivity index (χ0) is 14.5. The Morgan fingerprint density at radius 2 is 2.11 bits per heavy atom. The Hall–Kier alpha value is -1.96. The van der Waals surface area contributed by atoms with Gasteiger partial charge in [0.05, 0.1) is 25.9 Å². The highest BCUT2D eigenvalue weighted by Gasteiger charge is 2.26. The Balaban J connectivity index is 2.48. The topological polar surface area (TPSA) is 70.6 Å². The molecule has 0 bridgehead atoms. The van der Waals surface area contributed by atoms with Crippen molar-refractivity contribution in [3.8, 4) is 11.5 Å². The Kier molecular flexibility index (Phi) is 4.99. The maximum absolute atomic E-state index is 11.8. The number of aromatic hydroxyl groups is 1. The first-order valence-electron chi connectivity index (χ1n) is 5.26. The number of phenolic OH excluding ortho intramolecular Hbond substituents is 1. The summed E-state index contributed by atoms with van der Waals surface area (Å²) < 4.78 is 40.3. The number of methoxy groups -OCH3 is 1. The van der Waals surface area contributed by atoms with Gasteiger partial charge in [-0.3, -0.25) is 4.79 Å². The van der Waals surface area contributed by atoms with Crippen LogP contribution in [-0.4, -0.2) is 37.4 Å². The third-order valence-corrected chi connectivity index (χ3v) is 2.09. The van der Waals surface area contributed by atoms with Crippen LogP contribution in [0.1, 0.15) is 0 Å². The van der Waals surface area contributed by atoms with E-state index in [4.69, 9.17) is 4.74 Å². The van der Waals surface area contributed by atoms with E-state index in [2.05, 4.69) is 5.32 Å². The van der Waals surface area contributed by atoms with Crippen molar-refractivity contribution < 1.29 is 27.8 Å². The summed E-state index contributed by atoms with van der Waals surface area (Å²) in [5, 5.41) is 13.7. The van der Waals surface area contributed by atoms with E-state index in [-0.39, 0.29) is 11.4 Å². The summed E-state index contributed by atoms with van der Waals surface area (Å²) >= 11 is 0. The summed E-state index contributed by atoms with van der Waals surface area (Å²) in [6.45, 7) is -1.76. The zero-order valence-corrected chi connectivity index (χ0v) is 10.0. The van der Waals surface area contributed by atoms with E-state index in [1.54, 1.807) is 0 Å². The van der Waals surface area contributed by atoms with Crippen LogP contribution in [-0.2, 0) is 4.79 Å². The number of phenols is 1. The Morgan fingerprint density at radius 3 is 2.63 bits per heavy atom. The summed E-state index contributed by atoms with van der Waals surface area (Å²) in [6, 6.07) is 4.16. The number of carbonyl (C=O) groups is 1. The molecule has 1 aromatic rings. The highest BCUT2D eigenvalue weighted by Crippen LogP contribution is 2.27. The summed E-state index contributed by atoms with van der Waals surface area (Å²) in [6.07, 6.45) is -4.37. The van der Waals surface area contributed by atoms with Crippen LogP contribution in [0.15, 0.2) is 18.2 Å². The van der Waals surface area contributed by atoms with Crippen LogP contribution in [0.4, 0.5) is 18.9 Å². The van der Waals surface area contributed by atoms with E-state index in [1.807, 2.05) is 5.32 Å². The van der Waals surface area contributed by atoms with Gasteiger partial charge in [-0.25, -0.2) is 0 Å². The minimum atomic E-state index is -4.37. The molecular weight excluding hydrogens is 265 g/mol. The van der Waals surface area contributed by atoms with Crippen molar-refractivity contribution in [2.24, 2.45) is 0 Å². The smallest absolute Gasteiger partial charge is 0.401 e. The molecule has 0 aromatic heterocycles. The molecule has 1 amide bonds. The normalized spacial score (nSPS) is 11.2. The number of nitrogens with one attached hydrogen (secondary N) is 2. The molecule has 0 unspecified atom stereocenters. The molecule has 0 radical (unpaired) electrons. The number of halogens is 3. The number of ether oxygens (including phenoxy) is 1. The number of rotatable bonds is 5.